The van der Waals surface area contributed by atoms with Gasteiger partial charge in [-0.2, -0.15) is 0 Å². The molecule has 0 spiro atoms. The number of hydrogen-bond donors (Lipinski definition) is 4. The van der Waals surface area contributed by atoms with Crippen LogP contribution in [0, 0.1) is 22.7 Å². The van der Waals surface area contributed by atoms with Crippen LogP contribution in [0.5, 0.6) is 0 Å². The van der Waals surface area contributed by atoms with E-state index in [1.165, 1.54) is 27.7 Å². The molecule has 2 atom stereocenters. The van der Waals surface area contributed by atoms with Gasteiger partial charge in [0.2, 0.25) is 0 Å². The third kappa shape index (κ3) is 5.01. The van der Waals surface area contributed by atoms with Gasteiger partial charge in [-0.15, -0.1) is 0 Å². The second-order valence-corrected chi connectivity index (χ2v) is 6.68. The van der Waals surface area contributed by atoms with E-state index in [4.69, 9.17) is 10.2 Å². The van der Waals surface area contributed by atoms with Gasteiger partial charge in [-0.3, -0.25) is 19.2 Å². The lowest BCUT2D eigenvalue weighted by Gasteiger charge is -2.30. The molecule has 0 aliphatic carbocycles. The van der Waals surface area contributed by atoms with Crippen LogP contribution in [0.1, 0.15) is 40.5 Å². The molecule has 0 aliphatic rings. The van der Waals surface area contributed by atoms with E-state index in [0.29, 0.717) is 0 Å². The Labute approximate surface area is 127 Å². The molecule has 0 fully saturated rings. The van der Waals surface area contributed by atoms with Crippen molar-refractivity contribution in [1.82, 2.24) is 0 Å². The molecule has 0 amide bonds. The molecule has 0 bridgehead atoms. The minimum absolute atomic E-state index is 0.412. The van der Waals surface area contributed by atoms with Crippen molar-refractivity contribution in [1.29, 1.82) is 0 Å². The second kappa shape index (κ2) is 6.76. The first-order valence-corrected chi connectivity index (χ1v) is 6.65. The zero-order valence-corrected chi connectivity index (χ0v) is 13.0. The highest BCUT2D eigenvalue weighted by atomic mass is 16.4. The van der Waals surface area contributed by atoms with Crippen LogP contribution in [0.4, 0.5) is 0 Å². The smallest absolute Gasteiger partial charge is 0.309 e. The molecule has 0 radical (unpaired) electrons. The fourth-order valence-electron chi connectivity index (χ4n) is 2.08. The molecule has 8 nitrogen and oxygen atoms in total. The van der Waals surface area contributed by atoms with Crippen LogP contribution in [-0.4, -0.2) is 44.3 Å². The molecule has 0 saturated carbocycles. The van der Waals surface area contributed by atoms with Gasteiger partial charge >= 0.3 is 23.9 Å². The van der Waals surface area contributed by atoms with Crippen LogP contribution in [0.2, 0.25) is 0 Å². The Morgan fingerprint density at radius 2 is 0.909 bits per heavy atom. The molecule has 2 unspecified atom stereocenters. The van der Waals surface area contributed by atoms with Gasteiger partial charge in [0.15, 0.2) is 0 Å². The number of carbonyl (C=O) groups is 4. The summed E-state index contributed by atoms with van der Waals surface area (Å²) in [5, 5.41) is 36.7. The van der Waals surface area contributed by atoms with E-state index in [1.54, 1.807) is 0 Å². The zero-order chi connectivity index (χ0) is 17.9. The van der Waals surface area contributed by atoms with E-state index in [1.807, 2.05) is 0 Å². The first-order chi connectivity index (χ1) is 9.72. The molecule has 8 heteroatoms. The first-order valence-electron chi connectivity index (χ1n) is 6.65. The molecule has 0 aromatic rings. The van der Waals surface area contributed by atoms with Crippen molar-refractivity contribution in [3.05, 3.63) is 0 Å². The maximum Gasteiger partial charge on any atom is 0.309 e. The zero-order valence-electron chi connectivity index (χ0n) is 13.0. The Bertz CT molecular complexity index is 433. The molecule has 4 N–H and O–H groups in total. The van der Waals surface area contributed by atoms with E-state index in [2.05, 4.69) is 0 Å². The number of hydrogen-bond acceptors (Lipinski definition) is 4. The Balaban J connectivity index is 5.57. The second-order valence-electron chi connectivity index (χ2n) is 6.68. The lowest BCUT2D eigenvalue weighted by Crippen LogP contribution is -2.40. The van der Waals surface area contributed by atoms with Gasteiger partial charge in [-0.25, -0.2) is 0 Å². The average Bonchev–Trinajstić information content (AvgIpc) is 2.32. The van der Waals surface area contributed by atoms with Crippen molar-refractivity contribution >= 4 is 23.9 Å². The third-order valence-corrected chi connectivity index (χ3v) is 3.74. The van der Waals surface area contributed by atoms with Crippen molar-refractivity contribution < 1.29 is 39.6 Å². The summed E-state index contributed by atoms with van der Waals surface area (Å²) in [5.74, 6) is -8.41. The molecule has 126 valence electrons. The van der Waals surface area contributed by atoms with Crippen molar-refractivity contribution in [3.63, 3.8) is 0 Å². The van der Waals surface area contributed by atoms with Crippen molar-refractivity contribution in [2.45, 2.75) is 40.5 Å². The highest BCUT2D eigenvalue weighted by Crippen LogP contribution is 2.36. The summed E-state index contributed by atoms with van der Waals surface area (Å²) in [7, 11) is 0. The van der Waals surface area contributed by atoms with Gasteiger partial charge < -0.3 is 20.4 Å². The molecule has 0 aromatic carbocycles. The number of carboxylic acids is 4. The van der Waals surface area contributed by atoms with Gasteiger partial charge in [0.05, 0.1) is 22.7 Å². The van der Waals surface area contributed by atoms with E-state index in [-0.39, 0.29) is 0 Å². The van der Waals surface area contributed by atoms with Crippen LogP contribution in [0.25, 0.3) is 0 Å². The van der Waals surface area contributed by atoms with Crippen LogP contribution in [-0.2, 0) is 19.2 Å². The molecule has 0 saturated heterocycles. The van der Waals surface area contributed by atoms with Gasteiger partial charge in [-0.05, 0) is 40.5 Å². The quantitative estimate of drug-likeness (QED) is 0.498. The Hall–Kier alpha value is -2.12. The van der Waals surface area contributed by atoms with Gasteiger partial charge in [0.1, 0.15) is 0 Å². The fourth-order valence-corrected chi connectivity index (χ4v) is 2.08. The predicted octanol–water partition coefficient (Wildman–Crippen LogP) is 1.39. The lowest BCUT2D eigenvalue weighted by molar-refractivity contribution is -0.162. The van der Waals surface area contributed by atoms with E-state index in [9.17, 15) is 29.4 Å². The monoisotopic (exact) mass is 318 g/mol. The van der Waals surface area contributed by atoms with Crippen molar-refractivity contribution in [2.24, 2.45) is 22.7 Å². The normalized spacial score (nSPS) is 14.9. The molecular formula is C14H22O8. The van der Waals surface area contributed by atoms with E-state index in [0.717, 1.165) is 0 Å². The Kier molecular flexibility index (Phi) is 6.11. The highest BCUT2D eigenvalue weighted by Gasteiger charge is 2.44. The summed E-state index contributed by atoms with van der Waals surface area (Å²) in [6.45, 7) is 5.19. The van der Waals surface area contributed by atoms with Crippen LogP contribution in [0.15, 0.2) is 0 Å². The molecule has 0 aliphatic heterocycles. The first kappa shape index (κ1) is 19.9. The SMILES string of the molecule is CC(C)(CC(C(=O)O)C(CC(C)(C)C(=O)O)C(=O)O)C(=O)O. The highest BCUT2D eigenvalue weighted by molar-refractivity contribution is 5.82. The van der Waals surface area contributed by atoms with Gasteiger partial charge in [0, 0.05) is 0 Å². The minimum Gasteiger partial charge on any atom is -0.481 e. The maximum atomic E-state index is 11.4. The molecule has 0 heterocycles. The molecule has 0 aromatic heterocycles. The van der Waals surface area contributed by atoms with Crippen molar-refractivity contribution in [3.8, 4) is 0 Å². The predicted molar refractivity (Wildman–Crippen MR) is 74.3 cm³/mol. The van der Waals surface area contributed by atoms with E-state index < -0.39 is 59.4 Å². The summed E-state index contributed by atoms with van der Waals surface area (Å²) in [4.78, 5) is 45.1. The van der Waals surface area contributed by atoms with Crippen LogP contribution < -0.4 is 0 Å². The number of carboxylic acid groups (broad SMARTS) is 4. The summed E-state index contributed by atoms with van der Waals surface area (Å²) in [6.07, 6.45) is -0.825. The fraction of sp³-hybridized carbons (Fsp3) is 0.714. The maximum absolute atomic E-state index is 11.4. The Morgan fingerprint density at radius 1 is 0.682 bits per heavy atom. The third-order valence-electron chi connectivity index (χ3n) is 3.74. The van der Waals surface area contributed by atoms with Gasteiger partial charge in [-0.1, -0.05) is 0 Å². The molecule has 22 heavy (non-hydrogen) atoms. The average molecular weight is 318 g/mol. The van der Waals surface area contributed by atoms with Gasteiger partial charge in [0.25, 0.3) is 0 Å². The number of rotatable bonds is 9. The van der Waals surface area contributed by atoms with Crippen LogP contribution in [0.3, 0.4) is 0 Å². The minimum atomic E-state index is -1.50. The standard InChI is InChI=1S/C14H22O8/c1-13(2,11(19)20)5-7(9(15)16)8(10(17)18)6-14(3,4)12(21)22/h7-8H,5-6H2,1-4H3,(H,15,16)(H,17,18)(H,19,20)(H,21,22). The largest absolute Gasteiger partial charge is 0.481 e. The van der Waals surface area contributed by atoms with Crippen molar-refractivity contribution in [2.75, 3.05) is 0 Å². The summed E-state index contributed by atoms with van der Waals surface area (Å²) < 4.78 is 0. The topological polar surface area (TPSA) is 149 Å². The number of aliphatic carboxylic acids is 4. The summed E-state index contributed by atoms with van der Waals surface area (Å²) >= 11 is 0. The molecule has 0 rings (SSSR count). The molecular weight excluding hydrogens is 296 g/mol. The lowest BCUT2D eigenvalue weighted by atomic mass is 9.72. The van der Waals surface area contributed by atoms with Crippen LogP contribution >= 0.6 is 0 Å². The van der Waals surface area contributed by atoms with E-state index >= 15 is 0 Å². The summed E-state index contributed by atoms with van der Waals surface area (Å²) in [5.41, 5.74) is -2.88. The summed E-state index contributed by atoms with van der Waals surface area (Å²) in [6, 6.07) is 0. The Morgan fingerprint density at radius 3 is 1.05 bits per heavy atom.